The number of hydrogen-bond donors (Lipinski definition) is 0. The van der Waals surface area contributed by atoms with Crippen molar-refractivity contribution in [2.45, 2.75) is 39.0 Å². The highest BCUT2D eigenvalue weighted by Gasteiger charge is 2.24. The number of aryl methyl sites for hydroxylation is 1. The van der Waals surface area contributed by atoms with Gasteiger partial charge in [-0.2, -0.15) is 0 Å². The fourth-order valence-corrected chi connectivity index (χ4v) is 4.32. The van der Waals surface area contributed by atoms with Crippen molar-refractivity contribution < 1.29 is 9.13 Å². The average Bonchev–Trinajstić information content (AvgIpc) is 3.43. The van der Waals surface area contributed by atoms with E-state index in [0.717, 1.165) is 18.4 Å². The van der Waals surface area contributed by atoms with Crippen LogP contribution in [0.15, 0.2) is 64.4 Å². The standard InChI is InChI=1S/C24H23FN4O3/c1-16-6-2-3-10-20(16)29-22-21(23(30)28(24(29)31)14-19-9-5-11-32-19)27(15-26-22)13-17-7-4-8-18(25)12-17/h2-4,6-8,10,12,15,19H,5,9,11,13-14H2,1H3. The third kappa shape index (κ3) is 3.56. The Labute approximate surface area is 183 Å². The average molecular weight is 434 g/mol. The normalized spacial score (nSPS) is 16.1. The Bertz CT molecular complexity index is 1410. The lowest BCUT2D eigenvalue weighted by Gasteiger charge is -2.16. The van der Waals surface area contributed by atoms with E-state index in [1.165, 1.54) is 27.6 Å². The molecule has 7 nitrogen and oxygen atoms in total. The van der Waals surface area contributed by atoms with Gasteiger partial charge in [-0.15, -0.1) is 0 Å². The Morgan fingerprint density at radius 2 is 2.00 bits per heavy atom. The summed E-state index contributed by atoms with van der Waals surface area (Å²) in [4.78, 5) is 31.5. The first-order valence-corrected chi connectivity index (χ1v) is 10.7. The van der Waals surface area contributed by atoms with Crippen molar-refractivity contribution >= 4 is 11.2 Å². The number of halogens is 1. The highest BCUT2D eigenvalue weighted by molar-refractivity contribution is 5.73. The minimum atomic E-state index is -0.441. The number of imidazole rings is 1. The molecule has 2 aromatic heterocycles. The molecule has 1 aliphatic heterocycles. The molecule has 0 aliphatic carbocycles. The molecule has 32 heavy (non-hydrogen) atoms. The van der Waals surface area contributed by atoms with Gasteiger partial charge in [0.2, 0.25) is 0 Å². The van der Waals surface area contributed by atoms with E-state index in [9.17, 15) is 14.0 Å². The van der Waals surface area contributed by atoms with Gasteiger partial charge in [0.15, 0.2) is 11.2 Å². The summed E-state index contributed by atoms with van der Waals surface area (Å²) in [6.07, 6.45) is 3.06. The first-order chi connectivity index (χ1) is 15.5. The van der Waals surface area contributed by atoms with Crippen LogP contribution in [0.5, 0.6) is 0 Å². The van der Waals surface area contributed by atoms with Crippen LogP contribution in [0.3, 0.4) is 0 Å². The van der Waals surface area contributed by atoms with Crippen LogP contribution in [0.2, 0.25) is 0 Å². The van der Waals surface area contributed by atoms with Crippen LogP contribution in [-0.4, -0.2) is 31.4 Å². The van der Waals surface area contributed by atoms with Crippen molar-refractivity contribution in [1.82, 2.24) is 18.7 Å². The molecular formula is C24H23FN4O3. The molecule has 5 rings (SSSR count). The molecule has 1 unspecified atom stereocenters. The lowest BCUT2D eigenvalue weighted by atomic mass is 10.2. The lowest BCUT2D eigenvalue weighted by molar-refractivity contribution is 0.0950. The van der Waals surface area contributed by atoms with Crippen LogP contribution in [0, 0.1) is 12.7 Å². The van der Waals surface area contributed by atoms with Gasteiger partial charge in [-0.25, -0.2) is 18.7 Å². The molecule has 164 valence electrons. The summed E-state index contributed by atoms with van der Waals surface area (Å²) >= 11 is 0. The summed E-state index contributed by atoms with van der Waals surface area (Å²) in [5.41, 5.74) is 1.98. The molecule has 1 atom stereocenters. The molecule has 1 fully saturated rings. The van der Waals surface area contributed by atoms with Gasteiger partial charge in [0.1, 0.15) is 5.82 Å². The van der Waals surface area contributed by atoms with Crippen LogP contribution in [-0.2, 0) is 17.8 Å². The van der Waals surface area contributed by atoms with E-state index in [-0.39, 0.29) is 30.7 Å². The van der Waals surface area contributed by atoms with Gasteiger partial charge in [-0.05, 0) is 49.1 Å². The Morgan fingerprint density at radius 1 is 1.16 bits per heavy atom. The number of aromatic nitrogens is 4. The van der Waals surface area contributed by atoms with E-state index in [0.29, 0.717) is 23.4 Å². The van der Waals surface area contributed by atoms with E-state index in [4.69, 9.17) is 4.74 Å². The van der Waals surface area contributed by atoms with E-state index >= 15 is 0 Å². The molecule has 3 heterocycles. The van der Waals surface area contributed by atoms with E-state index < -0.39 is 11.2 Å². The lowest BCUT2D eigenvalue weighted by Crippen LogP contribution is -2.42. The number of fused-ring (bicyclic) bond motifs is 1. The van der Waals surface area contributed by atoms with Gasteiger partial charge >= 0.3 is 5.69 Å². The molecule has 8 heteroatoms. The molecule has 0 N–H and O–H groups in total. The first-order valence-electron chi connectivity index (χ1n) is 10.7. The van der Waals surface area contributed by atoms with E-state index in [1.54, 1.807) is 16.7 Å². The molecule has 0 saturated carbocycles. The predicted octanol–water partition coefficient (Wildman–Crippen LogP) is 3.02. The zero-order valence-corrected chi connectivity index (χ0v) is 17.7. The van der Waals surface area contributed by atoms with Crippen LogP contribution in [0.25, 0.3) is 16.9 Å². The Hall–Kier alpha value is -3.52. The summed E-state index contributed by atoms with van der Waals surface area (Å²) in [7, 11) is 0. The number of hydrogen-bond acceptors (Lipinski definition) is 4. The van der Waals surface area contributed by atoms with E-state index in [1.807, 2.05) is 31.2 Å². The Kier molecular flexibility index (Phi) is 5.22. The third-order valence-corrected chi connectivity index (χ3v) is 5.91. The second-order valence-corrected chi connectivity index (χ2v) is 8.13. The number of benzene rings is 2. The molecule has 2 aromatic carbocycles. The van der Waals surface area contributed by atoms with E-state index in [2.05, 4.69) is 4.98 Å². The van der Waals surface area contributed by atoms with Gasteiger partial charge in [-0.1, -0.05) is 30.3 Å². The minimum Gasteiger partial charge on any atom is -0.376 e. The summed E-state index contributed by atoms with van der Waals surface area (Å²) < 4.78 is 23.8. The highest BCUT2D eigenvalue weighted by atomic mass is 19.1. The van der Waals surface area contributed by atoms with Crippen LogP contribution >= 0.6 is 0 Å². The summed E-state index contributed by atoms with van der Waals surface area (Å²) in [5.74, 6) is -0.348. The predicted molar refractivity (Wildman–Crippen MR) is 119 cm³/mol. The van der Waals surface area contributed by atoms with Gasteiger partial charge in [0.25, 0.3) is 5.56 Å². The topological polar surface area (TPSA) is 71.1 Å². The first kappa shape index (κ1) is 20.4. The van der Waals surface area contributed by atoms with Gasteiger partial charge in [0, 0.05) is 13.2 Å². The Balaban J connectivity index is 1.75. The van der Waals surface area contributed by atoms with Crippen LogP contribution in [0.4, 0.5) is 4.39 Å². The van der Waals surface area contributed by atoms with Crippen molar-refractivity contribution in [2.75, 3.05) is 6.61 Å². The SMILES string of the molecule is Cc1ccccc1-n1c(=O)n(CC2CCCO2)c(=O)c2c1ncn2Cc1cccc(F)c1. The van der Waals surface area contributed by atoms with Crippen LogP contribution < -0.4 is 11.2 Å². The second kappa shape index (κ2) is 8.20. The zero-order valence-electron chi connectivity index (χ0n) is 17.7. The summed E-state index contributed by atoms with van der Waals surface area (Å²) in [5, 5.41) is 0. The number of para-hydroxylation sites is 1. The molecule has 0 amide bonds. The van der Waals surface area contributed by atoms with Crippen LogP contribution in [0.1, 0.15) is 24.0 Å². The molecule has 1 saturated heterocycles. The molecule has 4 aromatic rings. The Morgan fingerprint density at radius 3 is 2.75 bits per heavy atom. The number of rotatable bonds is 5. The van der Waals surface area contributed by atoms with Crippen molar-refractivity contribution in [3.8, 4) is 5.69 Å². The van der Waals surface area contributed by atoms with Gasteiger partial charge in [-0.3, -0.25) is 9.36 Å². The highest BCUT2D eigenvalue weighted by Crippen LogP contribution is 2.19. The van der Waals surface area contributed by atoms with Crippen molar-refractivity contribution in [1.29, 1.82) is 0 Å². The summed E-state index contributed by atoms with van der Waals surface area (Å²) in [6.45, 7) is 2.98. The smallest absolute Gasteiger partial charge is 0.337 e. The van der Waals surface area contributed by atoms with Crippen molar-refractivity contribution in [3.63, 3.8) is 0 Å². The summed E-state index contributed by atoms with van der Waals surface area (Å²) in [6, 6.07) is 13.7. The largest absolute Gasteiger partial charge is 0.376 e. The second-order valence-electron chi connectivity index (χ2n) is 8.13. The number of nitrogens with zero attached hydrogens (tertiary/aromatic N) is 4. The molecule has 1 aliphatic rings. The fraction of sp³-hybridized carbons (Fsp3) is 0.292. The molecule has 0 radical (unpaired) electrons. The monoisotopic (exact) mass is 434 g/mol. The fourth-order valence-electron chi connectivity index (χ4n) is 4.32. The molecule has 0 spiro atoms. The van der Waals surface area contributed by atoms with Crippen molar-refractivity contribution in [3.05, 3.63) is 92.6 Å². The maximum Gasteiger partial charge on any atom is 0.337 e. The third-order valence-electron chi connectivity index (χ3n) is 5.91. The van der Waals surface area contributed by atoms with Gasteiger partial charge < -0.3 is 9.30 Å². The minimum absolute atomic E-state index is 0.178. The molecular weight excluding hydrogens is 411 g/mol. The maximum atomic E-state index is 13.7. The molecule has 0 bridgehead atoms. The van der Waals surface area contributed by atoms with Crippen molar-refractivity contribution in [2.24, 2.45) is 0 Å². The zero-order chi connectivity index (χ0) is 22.2. The number of ether oxygens (including phenoxy) is 1. The quantitative estimate of drug-likeness (QED) is 0.484. The van der Waals surface area contributed by atoms with Gasteiger partial charge in [0.05, 0.1) is 24.7 Å². The maximum absolute atomic E-state index is 13.7.